The van der Waals surface area contributed by atoms with E-state index in [4.69, 9.17) is 8.95 Å². The Morgan fingerprint density at radius 3 is 2.94 bits per heavy atom. The zero-order valence-corrected chi connectivity index (χ0v) is 13.1. The molecule has 2 unspecified atom stereocenters. The van der Waals surface area contributed by atoms with E-state index >= 15 is 0 Å². The van der Waals surface area contributed by atoms with Crippen LogP contribution in [-0.4, -0.2) is 27.5 Å². The van der Waals surface area contributed by atoms with Crippen LogP contribution in [0.1, 0.15) is 39.0 Å². The van der Waals surface area contributed by atoms with Crippen LogP contribution in [0.3, 0.4) is 0 Å². The van der Waals surface area contributed by atoms with Crippen molar-refractivity contribution < 1.29 is 8.95 Å². The first-order valence-electron chi connectivity index (χ1n) is 6.86. The number of thiol groups is 1. The van der Waals surface area contributed by atoms with E-state index in [0.717, 1.165) is 31.4 Å². The quantitative estimate of drug-likeness (QED) is 0.577. The van der Waals surface area contributed by atoms with Crippen LogP contribution in [0.2, 0.25) is 12.6 Å². The van der Waals surface area contributed by atoms with Gasteiger partial charge >= 0.3 is 8.56 Å². The fraction of sp³-hybridized carbons (Fsp3) is 1.00. The molecular formula is C12H27NO2SSi. The Hall–Kier alpha value is 0.447. The molecule has 1 N–H and O–H groups in total. The Kier molecular flexibility index (Phi) is 7.78. The standard InChI is InChI=1S/C12H27NO2SSi/c1-3-4-6-12-7-8-14-17(2,10-5-9-16)15-13-11-12/h12-13,16H,3-11H2,1-2H3. The summed E-state index contributed by atoms with van der Waals surface area (Å²) in [6.07, 6.45) is 6.10. The lowest BCUT2D eigenvalue weighted by atomic mass is 9.99. The highest BCUT2D eigenvalue weighted by Gasteiger charge is 2.33. The van der Waals surface area contributed by atoms with E-state index in [1.165, 1.54) is 25.7 Å². The molecule has 1 fully saturated rings. The first-order valence-corrected chi connectivity index (χ1v) is 10.0. The van der Waals surface area contributed by atoms with E-state index in [1.807, 2.05) is 0 Å². The van der Waals surface area contributed by atoms with Gasteiger partial charge in [0.1, 0.15) is 0 Å². The lowest BCUT2D eigenvalue weighted by Gasteiger charge is -2.31. The summed E-state index contributed by atoms with van der Waals surface area (Å²) < 4.78 is 11.8. The van der Waals surface area contributed by atoms with Gasteiger partial charge in [-0.25, -0.2) is 5.48 Å². The summed E-state index contributed by atoms with van der Waals surface area (Å²) in [5.41, 5.74) is 3.16. The molecule has 1 rings (SSSR count). The molecule has 0 aromatic rings. The maximum atomic E-state index is 6.00. The van der Waals surface area contributed by atoms with E-state index in [2.05, 4.69) is 31.6 Å². The van der Waals surface area contributed by atoms with Crippen molar-refractivity contribution in [3.8, 4) is 0 Å². The summed E-state index contributed by atoms with van der Waals surface area (Å²) in [6.45, 7) is 6.23. The maximum Gasteiger partial charge on any atom is 0.355 e. The van der Waals surface area contributed by atoms with E-state index < -0.39 is 8.56 Å². The van der Waals surface area contributed by atoms with Gasteiger partial charge in [-0.2, -0.15) is 12.6 Å². The minimum absolute atomic E-state index is 0.707. The molecule has 0 saturated carbocycles. The molecule has 0 aromatic carbocycles. The van der Waals surface area contributed by atoms with Gasteiger partial charge in [0.25, 0.3) is 0 Å². The molecule has 3 nitrogen and oxygen atoms in total. The second kappa shape index (κ2) is 8.53. The minimum atomic E-state index is -1.96. The molecule has 0 aliphatic carbocycles. The number of rotatable bonds is 6. The second-order valence-corrected chi connectivity index (χ2v) is 8.76. The molecule has 0 amide bonds. The maximum absolute atomic E-state index is 6.00. The smallest absolute Gasteiger partial charge is 0.355 e. The van der Waals surface area contributed by atoms with Crippen molar-refractivity contribution in [1.82, 2.24) is 5.48 Å². The summed E-state index contributed by atoms with van der Waals surface area (Å²) in [5.74, 6) is 1.62. The summed E-state index contributed by atoms with van der Waals surface area (Å²) >= 11 is 4.25. The van der Waals surface area contributed by atoms with Crippen molar-refractivity contribution in [3.05, 3.63) is 0 Å². The Labute approximate surface area is 112 Å². The van der Waals surface area contributed by atoms with E-state index in [0.29, 0.717) is 5.92 Å². The minimum Gasteiger partial charge on any atom is -0.394 e. The SMILES string of the molecule is CCCCC1CCO[Si](C)(CCCS)ONC1. The first-order chi connectivity index (χ1) is 8.20. The predicted octanol–water partition coefficient (Wildman–Crippen LogP) is 3.13. The predicted molar refractivity (Wildman–Crippen MR) is 77.6 cm³/mol. The van der Waals surface area contributed by atoms with E-state index in [9.17, 15) is 0 Å². The average Bonchev–Trinajstić information content (AvgIpc) is 2.30. The van der Waals surface area contributed by atoms with Gasteiger partial charge in [0.15, 0.2) is 0 Å². The molecule has 1 saturated heterocycles. The molecule has 2 atom stereocenters. The van der Waals surface area contributed by atoms with E-state index in [-0.39, 0.29) is 0 Å². The molecule has 1 aliphatic rings. The number of hydrogen-bond donors (Lipinski definition) is 2. The van der Waals surface area contributed by atoms with Crippen LogP contribution in [0.5, 0.6) is 0 Å². The van der Waals surface area contributed by atoms with Gasteiger partial charge in [0, 0.05) is 13.2 Å². The van der Waals surface area contributed by atoms with Crippen LogP contribution in [-0.2, 0) is 8.95 Å². The third-order valence-electron chi connectivity index (χ3n) is 3.35. The van der Waals surface area contributed by atoms with Gasteiger partial charge < -0.3 is 8.95 Å². The Morgan fingerprint density at radius 2 is 2.24 bits per heavy atom. The van der Waals surface area contributed by atoms with E-state index in [1.54, 1.807) is 0 Å². The lowest BCUT2D eigenvalue weighted by molar-refractivity contribution is 0.0677. The molecule has 17 heavy (non-hydrogen) atoms. The molecule has 5 heteroatoms. The van der Waals surface area contributed by atoms with Crippen LogP contribution < -0.4 is 5.48 Å². The van der Waals surface area contributed by atoms with Crippen molar-refractivity contribution in [2.45, 2.75) is 51.6 Å². The van der Waals surface area contributed by atoms with Crippen LogP contribution in [0.15, 0.2) is 0 Å². The van der Waals surface area contributed by atoms with Crippen molar-refractivity contribution in [1.29, 1.82) is 0 Å². The number of unbranched alkanes of at least 4 members (excludes halogenated alkanes) is 1. The highest BCUT2D eigenvalue weighted by Crippen LogP contribution is 2.21. The van der Waals surface area contributed by atoms with Crippen molar-refractivity contribution >= 4 is 21.2 Å². The third-order valence-corrected chi connectivity index (χ3v) is 6.32. The largest absolute Gasteiger partial charge is 0.394 e. The first kappa shape index (κ1) is 15.5. The van der Waals surface area contributed by atoms with Gasteiger partial charge in [-0.1, -0.05) is 19.8 Å². The fourth-order valence-electron chi connectivity index (χ4n) is 2.15. The number of hydroxylamine groups is 1. The summed E-state index contributed by atoms with van der Waals surface area (Å²) in [5, 5.41) is 0. The number of hydrogen-bond acceptors (Lipinski definition) is 4. The highest BCUT2D eigenvalue weighted by atomic mass is 32.1. The lowest BCUT2D eigenvalue weighted by Crippen LogP contribution is -2.47. The zero-order valence-electron chi connectivity index (χ0n) is 11.2. The van der Waals surface area contributed by atoms with Gasteiger partial charge in [0.2, 0.25) is 0 Å². The van der Waals surface area contributed by atoms with Crippen molar-refractivity contribution in [3.63, 3.8) is 0 Å². The molecular weight excluding hydrogens is 250 g/mol. The molecule has 1 aliphatic heterocycles. The average molecular weight is 278 g/mol. The highest BCUT2D eigenvalue weighted by molar-refractivity contribution is 7.80. The normalized spacial score (nSPS) is 30.9. The molecule has 1 heterocycles. The molecule has 102 valence electrons. The molecule has 0 spiro atoms. The van der Waals surface area contributed by atoms with Crippen LogP contribution in [0.25, 0.3) is 0 Å². The monoisotopic (exact) mass is 277 g/mol. The van der Waals surface area contributed by atoms with Gasteiger partial charge in [-0.3, -0.25) is 0 Å². The van der Waals surface area contributed by atoms with Gasteiger partial charge in [-0.05, 0) is 43.5 Å². The van der Waals surface area contributed by atoms with Gasteiger partial charge in [-0.15, -0.1) is 0 Å². The molecule has 0 aromatic heterocycles. The molecule has 0 bridgehead atoms. The zero-order chi connectivity index (χ0) is 12.6. The van der Waals surface area contributed by atoms with Crippen molar-refractivity contribution in [2.24, 2.45) is 5.92 Å². The molecule has 0 radical (unpaired) electrons. The Balaban J connectivity index is 2.30. The summed E-state index contributed by atoms with van der Waals surface area (Å²) in [7, 11) is -1.96. The third kappa shape index (κ3) is 6.24. The van der Waals surface area contributed by atoms with Crippen LogP contribution in [0.4, 0.5) is 0 Å². The summed E-state index contributed by atoms with van der Waals surface area (Å²) in [4.78, 5) is 0. The fourth-order valence-corrected chi connectivity index (χ4v) is 4.67. The Morgan fingerprint density at radius 1 is 1.41 bits per heavy atom. The van der Waals surface area contributed by atoms with Gasteiger partial charge in [0.05, 0.1) is 0 Å². The second-order valence-electron chi connectivity index (χ2n) is 5.06. The van der Waals surface area contributed by atoms with Crippen LogP contribution >= 0.6 is 12.6 Å². The summed E-state index contributed by atoms with van der Waals surface area (Å²) in [6, 6.07) is 1.03. The van der Waals surface area contributed by atoms with Crippen molar-refractivity contribution in [2.75, 3.05) is 18.9 Å². The topological polar surface area (TPSA) is 30.5 Å². The Bertz CT molecular complexity index is 197. The number of nitrogens with one attached hydrogen (secondary N) is 1. The van der Waals surface area contributed by atoms with Crippen LogP contribution in [0, 0.1) is 5.92 Å².